The quantitative estimate of drug-likeness (QED) is 0.634. The van der Waals surface area contributed by atoms with Gasteiger partial charge in [0.2, 0.25) is 0 Å². The van der Waals surface area contributed by atoms with Crippen LogP contribution in [0.1, 0.15) is 25.0 Å². The molecule has 0 spiro atoms. The average Bonchev–Trinajstić information content (AvgIpc) is 2.26. The molecule has 0 aromatic heterocycles. The minimum absolute atomic E-state index is 0.0263. The van der Waals surface area contributed by atoms with E-state index in [4.69, 9.17) is 11.0 Å². The summed E-state index contributed by atoms with van der Waals surface area (Å²) in [5.41, 5.74) is 7.09. The molecular weight excluding hydrogens is 212 g/mol. The highest BCUT2D eigenvalue weighted by Gasteiger charge is 2.03. The van der Waals surface area contributed by atoms with Gasteiger partial charge in [-0.05, 0) is 29.5 Å². The molecule has 88 valence electrons. The van der Waals surface area contributed by atoms with Crippen LogP contribution in [-0.2, 0) is 11.2 Å². The molecule has 0 saturated heterocycles. The largest absolute Gasteiger partial charge is 0.365 e. The lowest BCUT2D eigenvalue weighted by atomic mass is 10.0. The van der Waals surface area contributed by atoms with E-state index in [1.165, 1.54) is 11.6 Å². The van der Waals surface area contributed by atoms with Gasteiger partial charge in [-0.2, -0.15) is 5.26 Å². The van der Waals surface area contributed by atoms with Crippen LogP contribution in [0.15, 0.2) is 29.8 Å². The number of hydrogen-bond acceptors (Lipinski definition) is 2. The van der Waals surface area contributed by atoms with Crippen molar-refractivity contribution in [3.05, 3.63) is 41.0 Å². The molecule has 0 bridgehead atoms. The van der Waals surface area contributed by atoms with Crippen molar-refractivity contribution in [2.45, 2.75) is 20.3 Å². The molecular formula is C14H16N2O. The molecule has 1 aromatic rings. The highest BCUT2D eigenvalue weighted by atomic mass is 16.1. The number of nitrogens with zero attached hydrogens (tertiary/aromatic N) is 1. The van der Waals surface area contributed by atoms with Crippen LogP contribution in [0.25, 0.3) is 6.08 Å². The Kier molecular flexibility index (Phi) is 4.47. The number of carbonyl (C=O) groups excluding carboxylic acids is 1. The number of amides is 1. The van der Waals surface area contributed by atoms with Gasteiger partial charge in [0.15, 0.2) is 0 Å². The minimum atomic E-state index is -0.696. The van der Waals surface area contributed by atoms with Crippen LogP contribution in [0, 0.1) is 17.2 Å². The Morgan fingerprint density at radius 1 is 1.41 bits per heavy atom. The monoisotopic (exact) mass is 228 g/mol. The second-order valence-corrected chi connectivity index (χ2v) is 4.37. The Hall–Kier alpha value is -2.08. The van der Waals surface area contributed by atoms with Crippen LogP contribution in [0.2, 0.25) is 0 Å². The molecule has 0 atom stereocenters. The molecule has 0 aliphatic rings. The predicted octanol–water partition coefficient (Wildman–Crippen LogP) is 2.28. The Balaban J connectivity index is 2.88. The molecule has 1 amide bonds. The van der Waals surface area contributed by atoms with Gasteiger partial charge in [0.05, 0.1) is 0 Å². The first-order chi connectivity index (χ1) is 8.02. The van der Waals surface area contributed by atoms with E-state index in [1.807, 2.05) is 24.3 Å². The summed E-state index contributed by atoms with van der Waals surface area (Å²) in [6.45, 7) is 4.32. The van der Waals surface area contributed by atoms with E-state index >= 15 is 0 Å². The third-order valence-electron chi connectivity index (χ3n) is 2.32. The van der Waals surface area contributed by atoms with Crippen molar-refractivity contribution >= 4 is 12.0 Å². The topological polar surface area (TPSA) is 66.9 Å². The lowest BCUT2D eigenvalue weighted by molar-refractivity contribution is -0.114. The number of nitriles is 1. The van der Waals surface area contributed by atoms with Gasteiger partial charge in [-0.3, -0.25) is 4.79 Å². The van der Waals surface area contributed by atoms with E-state index in [2.05, 4.69) is 13.8 Å². The fourth-order valence-electron chi connectivity index (χ4n) is 1.55. The van der Waals surface area contributed by atoms with Crippen LogP contribution in [0.4, 0.5) is 0 Å². The summed E-state index contributed by atoms with van der Waals surface area (Å²) in [4.78, 5) is 10.9. The minimum Gasteiger partial charge on any atom is -0.365 e. The summed E-state index contributed by atoms with van der Waals surface area (Å²) < 4.78 is 0. The number of rotatable bonds is 4. The van der Waals surface area contributed by atoms with Crippen molar-refractivity contribution in [2.24, 2.45) is 11.7 Å². The average molecular weight is 228 g/mol. The molecule has 17 heavy (non-hydrogen) atoms. The lowest BCUT2D eigenvalue weighted by Gasteiger charge is -2.04. The first kappa shape index (κ1) is 13.0. The summed E-state index contributed by atoms with van der Waals surface area (Å²) in [5.74, 6) is -0.0876. The maximum Gasteiger partial charge on any atom is 0.259 e. The van der Waals surface area contributed by atoms with Gasteiger partial charge < -0.3 is 5.73 Å². The SMILES string of the molecule is CC(C)Cc1ccc(/C=C(\C#N)C(N)=O)cc1. The lowest BCUT2D eigenvalue weighted by Crippen LogP contribution is -2.12. The molecule has 0 heterocycles. The van der Waals surface area contributed by atoms with Gasteiger partial charge in [0.25, 0.3) is 5.91 Å². The maximum absolute atomic E-state index is 10.9. The van der Waals surface area contributed by atoms with E-state index in [9.17, 15) is 4.79 Å². The number of nitrogens with two attached hydrogens (primary N) is 1. The normalized spacial score (nSPS) is 11.3. The molecule has 0 fully saturated rings. The van der Waals surface area contributed by atoms with Crippen molar-refractivity contribution in [1.29, 1.82) is 5.26 Å². The third-order valence-corrected chi connectivity index (χ3v) is 2.32. The van der Waals surface area contributed by atoms with E-state index in [-0.39, 0.29) is 5.57 Å². The van der Waals surface area contributed by atoms with E-state index in [1.54, 1.807) is 6.07 Å². The molecule has 3 heteroatoms. The van der Waals surface area contributed by atoms with Crippen LogP contribution < -0.4 is 5.73 Å². The first-order valence-electron chi connectivity index (χ1n) is 5.53. The van der Waals surface area contributed by atoms with Crippen LogP contribution in [-0.4, -0.2) is 5.91 Å². The highest BCUT2D eigenvalue weighted by molar-refractivity contribution is 6.00. The molecule has 0 saturated carbocycles. The first-order valence-corrected chi connectivity index (χ1v) is 5.53. The van der Waals surface area contributed by atoms with Crippen LogP contribution >= 0.6 is 0 Å². The Labute approximate surface area is 102 Å². The predicted molar refractivity (Wildman–Crippen MR) is 67.8 cm³/mol. The highest BCUT2D eigenvalue weighted by Crippen LogP contribution is 2.12. The van der Waals surface area contributed by atoms with Gasteiger partial charge in [-0.25, -0.2) is 0 Å². The summed E-state index contributed by atoms with van der Waals surface area (Å²) in [6, 6.07) is 9.56. The molecule has 0 aliphatic carbocycles. The summed E-state index contributed by atoms with van der Waals surface area (Å²) in [5, 5.41) is 8.71. The van der Waals surface area contributed by atoms with E-state index < -0.39 is 5.91 Å². The number of carbonyl (C=O) groups is 1. The second-order valence-electron chi connectivity index (χ2n) is 4.37. The number of hydrogen-bond donors (Lipinski definition) is 1. The standard InChI is InChI=1S/C14H16N2O/c1-10(2)7-11-3-5-12(6-4-11)8-13(9-15)14(16)17/h3-6,8,10H,7H2,1-2H3,(H2,16,17)/b13-8+. The Morgan fingerprint density at radius 2 is 2.00 bits per heavy atom. The van der Waals surface area contributed by atoms with Crippen LogP contribution in [0.3, 0.4) is 0 Å². The van der Waals surface area contributed by atoms with E-state index in [0.717, 1.165) is 12.0 Å². The molecule has 2 N–H and O–H groups in total. The number of primary amides is 1. The van der Waals surface area contributed by atoms with E-state index in [0.29, 0.717) is 5.92 Å². The smallest absolute Gasteiger partial charge is 0.259 e. The van der Waals surface area contributed by atoms with Gasteiger partial charge in [-0.1, -0.05) is 38.1 Å². The summed E-state index contributed by atoms with van der Waals surface area (Å²) in [7, 11) is 0. The third kappa shape index (κ3) is 4.12. The fourth-order valence-corrected chi connectivity index (χ4v) is 1.55. The van der Waals surface area contributed by atoms with Crippen molar-refractivity contribution in [3.8, 4) is 6.07 Å². The van der Waals surface area contributed by atoms with Crippen molar-refractivity contribution in [3.63, 3.8) is 0 Å². The molecule has 1 rings (SSSR count). The van der Waals surface area contributed by atoms with Gasteiger partial charge in [0, 0.05) is 0 Å². The zero-order valence-electron chi connectivity index (χ0n) is 10.1. The summed E-state index contributed by atoms with van der Waals surface area (Å²) >= 11 is 0. The molecule has 1 aromatic carbocycles. The maximum atomic E-state index is 10.9. The Bertz CT molecular complexity index is 464. The van der Waals surface area contributed by atoms with Gasteiger partial charge in [-0.15, -0.1) is 0 Å². The molecule has 0 aliphatic heterocycles. The zero-order valence-corrected chi connectivity index (χ0v) is 10.1. The molecule has 0 radical (unpaired) electrons. The summed E-state index contributed by atoms with van der Waals surface area (Å²) in [6.07, 6.45) is 2.52. The number of benzene rings is 1. The van der Waals surface area contributed by atoms with Crippen molar-refractivity contribution in [1.82, 2.24) is 0 Å². The molecule has 3 nitrogen and oxygen atoms in total. The molecule has 0 unspecified atom stereocenters. The Morgan fingerprint density at radius 3 is 2.41 bits per heavy atom. The van der Waals surface area contributed by atoms with Gasteiger partial charge >= 0.3 is 0 Å². The van der Waals surface area contributed by atoms with Crippen molar-refractivity contribution in [2.75, 3.05) is 0 Å². The zero-order chi connectivity index (χ0) is 12.8. The van der Waals surface area contributed by atoms with Crippen molar-refractivity contribution < 1.29 is 4.79 Å². The van der Waals surface area contributed by atoms with Crippen LogP contribution in [0.5, 0.6) is 0 Å². The van der Waals surface area contributed by atoms with Gasteiger partial charge in [0.1, 0.15) is 11.6 Å². The fraction of sp³-hybridized carbons (Fsp3) is 0.286. The second kappa shape index (κ2) is 5.86.